The summed E-state index contributed by atoms with van der Waals surface area (Å²) < 4.78 is 7.05. The van der Waals surface area contributed by atoms with Crippen LogP contribution in [0.2, 0.25) is 0 Å². The molecule has 0 amide bonds. The van der Waals surface area contributed by atoms with E-state index < -0.39 is 0 Å². The first-order chi connectivity index (χ1) is 12.3. The molecule has 1 heterocycles. The maximum Gasteiger partial charge on any atom is 0.119 e. The lowest BCUT2D eigenvalue weighted by Gasteiger charge is -2.02. The molecule has 3 aromatic carbocycles. The first kappa shape index (κ1) is 15.0. The van der Waals surface area contributed by atoms with Gasteiger partial charge in [0, 0.05) is 23.4 Å². The Balaban J connectivity index is 1.61. The first-order valence-corrected chi connectivity index (χ1v) is 8.01. The van der Waals surface area contributed by atoms with E-state index in [1.807, 2.05) is 60.8 Å². The Morgan fingerprint density at radius 2 is 1.72 bits per heavy atom. The van der Waals surface area contributed by atoms with Crippen molar-refractivity contribution in [2.24, 2.45) is 0 Å². The third-order valence-corrected chi connectivity index (χ3v) is 4.03. The smallest absolute Gasteiger partial charge is 0.119 e. The van der Waals surface area contributed by atoms with Gasteiger partial charge in [0.25, 0.3) is 0 Å². The van der Waals surface area contributed by atoms with Crippen LogP contribution in [0.15, 0.2) is 79.3 Å². The van der Waals surface area contributed by atoms with E-state index in [9.17, 15) is 0 Å². The van der Waals surface area contributed by atoms with Crippen LogP contribution < -0.4 is 4.74 Å². The third-order valence-electron chi connectivity index (χ3n) is 4.03. The molecular formula is C22H16N2O. The average molecular weight is 324 g/mol. The largest absolute Gasteiger partial charge is 0.497 e. The van der Waals surface area contributed by atoms with Gasteiger partial charge in [0.2, 0.25) is 0 Å². The third kappa shape index (κ3) is 3.24. The van der Waals surface area contributed by atoms with E-state index in [0.29, 0.717) is 0 Å². The van der Waals surface area contributed by atoms with Gasteiger partial charge in [-0.2, -0.15) is 0 Å². The number of fused-ring (bicyclic) bond motifs is 1. The van der Waals surface area contributed by atoms with E-state index in [1.165, 1.54) is 0 Å². The Labute approximate surface area is 146 Å². The second-order valence-electron chi connectivity index (χ2n) is 5.70. The van der Waals surface area contributed by atoms with Gasteiger partial charge in [0.05, 0.1) is 12.8 Å². The molecule has 0 aliphatic carbocycles. The molecule has 0 atom stereocenters. The van der Waals surface area contributed by atoms with E-state index in [2.05, 4.69) is 29.1 Å². The van der Waals surface area contributed by atoms with Crippen molar-refractivity contribution >= 4 is 10.8 Å². The first-order valence-electron chi connectivity index (χ1n) is 8.01. The molecule has 0 saturated carbocycles. The van der Waals surface area contributed by atoms with E-state index >= 15 is 0 Å². The van der Waals surface area contributed by atoms with Crippen LogP contribution in [0.25, 0.3) is 22.0 Å². The number of aromatic nitrogens is 2. The fraction of sp³-hybridized carbons (Fsp3) is 0.0455. The second-order valence-corrected chi connectivity index (χ2v) is 5.70. The Bertz CT molecular complexity index is 1090. The van der Waals surface area contributed by atoms with Gasteiger partial charge in [-0.15, -0.1) is 0 Å². The van der Waals surface area contributed by atoms with Gasteiger partial charge in [0.15, 0.2) is 0 Å². The number of benzene rings is 3. The van der Waals surface area contributed by atoms with Crippen LogP contribution >= 0.6 is 0 Å². The SMILES string of the molecule is COc1ccc2cc(C#Cn3cnc(-c4ccccc4)c3)ccc2c1. The fourth-order valence-electron chi connectivity index (χ4n) is 2.70. The minimum absolute atomic E-state index is 0.859. The van der Waals surface area contributed by atoms with Crippen molar-refractivity contribution in [3.05, 3.63) is 84.8 Å². The van der Waals surface area contributed by atoms with Gasteiger partial charge < -0.3 is 4.74 Å². The van der Waals surface area contributed by atoms with Crippen LogP contribution in [-0.2, 0) is 0 Å². The highest BCUT2D eigenvalue weighted by Gasteiger charge is 2.00. The molecule has 0 N–H and O–H groups in total. The van der Waals surface area contributed by atoms with Crippen LogP contribution in [-0.4, -0.2) is 16.7 Å². The monoisotopic (exact) mass is 324 g/mol. The van der Waals surface area contributed by atoms with Crippen LogP contribution in [0.1, 0.15) is 5.56 Å². The highest BCUT2D eigenvalue weighted by Crippen LogP contribution is 2.21. The zero-order valence-corrected chi connectivity index (χ0v) is 13.8. The predicted octanol–water partition coefficient (Wildman–Crippen LogP) is 4.57. The lowest BCUT2D eigenvalue weighted by Crippen LogP contribution is -1.84. The lowest BCUT2D eigenvalue weighted by atomic mass is 10.1. The van der Waals surface area contributed by atoms with Crippen molar-refractivity contribution in [1.82, 2.24) is 9.55 Å². The second kappa shape index (κ2) is 6.54. The van der Waals surface area contributed by atoms with Crippen LogP contribution in [0.4, 0.5) is 0 Å². The number of hydrogen-bond acceptors (Lipinski definition) is 2. The number of methoxy groups -OCH3 is 1. The molecule has 0 unspecified atom stereocenters. The summed E-state index contributed by atoms with van der Waals surface area (Å²) in [5, 5.41) is 2.28. The molecule has 0 aliphatic heterocycles. The number of hydrogen-bond donors (Lipinski definition) is 0. The summed E-state index contributed by atoms with van der Waals surface area (Å²) in [5.41, 5.74) is 2.97. The van der Waals surface area contributed by atoms with Crippen molar-refractivity contribution in [2.45, 2.75) is 0 Å². The van der Waals surface area contributed by atoms with Crippen LogP contribution in [0.5, 0.6) is 5.75 Å². The summed E-state index contributed by atoms with van der Waals surface area (Å²) in [6, 6.07) is 25.4. The van der Waals surface area contributed by atoms with Crippen LogP contribution in [0, 0.1) is 12.0 Å². The van der Waals surface area contributed by atoms with E-state index in [-0.39, 0.29) is 0 Å². The molecule has 1 aromatic heterocycles. The summed E-state index contributed by atoms with van der Waals surface area (Å²) in [4.78, 5) is 4.41. The average Bonchev–Trinajstić information content (AvgIpc) is 3.15. The van der Waals surface area contributed by atoms with E-state index in [4.69, 9.17) is 4.74 Å². The molecule has 0 bridgehead atoms. The molecule has 0 spiro atoms. The molecule has 0 fully saturated rings. The predicted molar refractivity (Wildman–Crippen MR) is 100 cm³/mol. The van der Waals surface area contributed by atoms with Crippen molar-refractivity contribution in [3.8, 4) is 29.0 Å². The van der Waals surface area contributed by atoms with Gasteiger partial charge in [-0.25, -0.2) is 4.98 Å². The minimum Gasteiger partial charge on any atom is -0.497 e. The lowest BCUT2D eigenvalue weighted by molar-refractivity contribution is 0.415. The van der Waals surface area contributed by atoms with Crippen molar-refractivity contribution in [3.63, 3.8) is 0 Å². The Morgan fingerprint density at radius 3 is 2.56 bits per heavy atom. The summed E-state index contributed by atoms with van der Waals surface area (Å²) in [7, 11) is 1.68. The number of nitrogens with zero attached hydrogens (tertiary/aromatic N) is 2. The molecule has 3 heteroatoms. The highest BCUT2D eigenvalue weighted by molar-refractivity contribution is 5.85. The van der Waals surface area contributed by atoms with Gasteiger partial charge >= 0.3 is 0 Å². The number of ether oxygens (including phenoxy) is 1. The summed E-state index contributed by atoms with van der Waals surface area (Å²) >= 11 is 0. The fourth-order valence-corrected chi connectivity index (χ4v) is 2.70. The van der Waals surface area contributed by atoms with E-state index in [0.717, 1.165) is 33.3 Å². The standard InChI is InChI=1S/C22H16N2O/c1-25-21-10-9-19-13-17(7-8-20(19)14-21)11-12-24-15-22(23-16-24)18-5-3-2-4-6-18/h2-10,13-16H,1H3. The number of rotatable bonds is 2. The summed E-state index contributed by atoms with van der Waals surface area (Å²) in [6.45, 7) is 0. The molecule has 4 rings (SSSR count). The quantitative estimate of drug-likeness (QED) is 0.505. The molecule has 0 saturated heterocycles. The van der Waals surface area contributed by atoms with Crippen molar-refractivity contribution in [2.75, 3.05) is 7.11 Å². The minimum atomic E-state index is 0.859. The Morgan fingerprint density at radius 1 is 0.920 bits per heavy atom. The summed E-state index contributed by atoms with van der Waals surface area (Å²) in [6.07, 6.45) is 3.68. The number of imidazole rings is 1. The zero-order valence-electron chi connectivity index (χ0n) is 13.8. The Kier molecular flexibility index (Phi) is 3.94. The normalized spacial score (nSPS) is 10.3. The molecule has 120 valence electrons. The van der Waals surface area contributed by atoms with Gasteiger partial charge in [-0.3, -0.25) is 4.57 Å². The Hall–Kier alpha value is -3.51. The van der Waals surface area contributed by atoms with E-state index in [1.54, 1.807) is 18.0 Å². The molecule has 3 nitrogen and oxygen atoms in total. The highest BCUT2D eigenvalue weighted by atomic mass is 16.5. The maximum absolute atomic E-state index is 5.26. The molecule has 0 aliphatic rings. The molecule has 4 aromatic rings. The summed E-state index contributed by atoms with van der Waals surface area (Å²) in [5.74, 6) is 4.05. The molecular weight excluding hydrogens is 308 g/mol. The van der Waals surface area contributed by atoms with Crippen LogP contribution in [0.3, 0.4) is 0 Å². The van der Waals surface area contributed by atoms with Gasteiger partial charge in [-0.05, 0) is 41.0 Å². The molecule has 25 heavy (non-hydrogen) atoms. The maximum atomic E-state index is 5.26. The van der Waals surface area contributed by atoms with Gasteiger partial charge in [0.1, 0.15) is 12.1 Å². The van der Waals surface area contributed by atoms with Crippen molar-refractivity contribution in [1.29, 1.82) is 0 Å². The van der Waals surface area contributed by atoms with Crippen molar-refractivity contribution < 1.29 is 4.74 Å². The van der Waals surface area contributed by atoms with Gasteiger partial charge in [-0.1, -0.05) is 42.5 Å². The molecule has 0 radical (unpaired) electrons. The zero-order chi connectivity index (χ0) is 17.1. The topological polar surface area (TPSA) is 27.1 Å².